The summed E-state index contributed by atoms with van der Waals surface area (Å²) in [4.78, 5) is 18.5. The SMILES string of the molecule is Cc1nc2c(OC(N)=O)ncn2c(O)c1-c1c(F)cc(F)cc1F. The van der Waals surface area contributed by atoms with Crippen LogP contribution in [0.15, 0.2) is 18.5 Å². The smallest absolute Gasteiger partial charge is 0.411 e. The zero-order valence-corrected chi connectivity index (χ0v) is 12.0. The number of aryl methyl sites for hydroxylation is 1. The third-order valence-electron chi connectivity index (χ3n) is 3.25. The minimum Gasteiger partial charge on any atom is -0.494 e. The van der Waals surface area contributed by atoms with Crippen LogP contribution in [0.1, 0.15) is 5.69 Å². The molecule has 3 aromatic rings. The molecule has 2 heterocycles. The lowest BCUT2D eigenvalue weighted by atomic mass is 10.0. The van der Waals surface area contributed by atoms with Gasteiger partial charge < -0.3 is 15.6 Å². The van der Waals surface area contributed by atoms with Crippen molar-refractivity contribution in [2.24, 2.45) is 5.73 Å². The number of amides is 1. The number of halogens is 3. The van der Waals surface area contributed by atoms with Crippen LogP contribution in [0.2, 0.25) is 0 Å². The largest absolute Gasteiger partial charge is 0.494 e. The number of rotatable bonds is 2. The quantitative estimate of drug-likeness (QED) is 0.746. The van der Waals surface area contributed by atoms with Gasteiger partial charge in [-0.3, -0.25) is 0 Å². The lowest BCUT2D eigenvalue weighted by molar-refractivity contribution is 0.209. The normalized spacial score (nSPS) is 11.0. The van der Waals surface area contributed by atoms with E-state index in [0.717, 1.165) is 10.7 Å². The third-order valence-corrected chi connectivity index (χ3v) is 3.25. The van der Waals surface area contributed by atoms with Crippen molar-refractivity contribution in [3.63, 3.8) is 0 Å². The number of carbonyl (C=O) groups is 1. The summed E-state index contributed by atoms with van der Waals surface area (Å²) in [7, 11) is 0. The number of hydrogen-bond donors (Lipinski definition) is 2. The summed E-state index contributed by atoms with van der Waals surface area (Å²) in [6.45, 7) is 1.36. The van der Waals surface area contributed by atoms with Gasteiger partial charge in [0, 0.05) is 12.1 Å². The average molecular weight is 338 g/mol. The molecule has 10 heteroatoms. The Morgan fingerprint density at radius 3 is 2.46 bits per heavy atom. The first-order chi connectivity index (χ1) is 11.3. The Bertz CT molecular complexity index is 964. The highest BCUT2D eigenvalue weighted by molar-refractivity contribution is 5.76. The van der Waals surface area contributed by atoms with Crippen LogP contribution in [0.4, 0.5) is 18.0 Å². The summed E-state index contributed by atoms with van der Waals surface area (Å²) >= 11 is 0. The molecule has 0 saturated carbocycles. The molecule has 0 atom stereocenters. The number of primary amides is 1. The fourth-order valence-corrected chi connectivity index (χ4v) is 2.32. The van der Waals surface area contributed by atoms with Crippen LogP contribution in [-0.2, 0) is 0 Å². The number of ether oxygens (including phenoxy) is 1. The molecule has 0 aliphatic heterocycles. The highest BCUT2D eigenvalue weighted by Gasteiger charge is 2.24. The van der Waals surface area contributed by atoms with E-state index >= 15 is 0 Å². The molecule has 0 fully saturated rings. The van der Waals surface area contributed by atoms with Gasteiger partial charge in [0.2, 0.25) is 11.5 Å². The number of aromatic hydroxyl groups is 1. The lowest BCUT2D eigenvalue weighted by Gasteiger charge is -2.12. The van der Waals surface area contributed by atoms with Gasteiger partial charge in [-0.2, -0.15) is 4.98 Å². The van der Waals surface area contributed by atoms with Crippen molar-refractivity contribution in [2.45, 2.75) is 6.92 Å². The second-order valence-electron chi connectivity index (χ2n) is 4.80. The zero-order valence-electron chi connectivity index (χ0n) is 12.0. The summed E-state index contributed by atoms with van der Waals surface area (Å²) in [5.41, 5.74) is 3.86. The number of nitrogens with zero attached hydrogens (tertiary/aromatic N) is 3. The minimum atomic E-state index is -1.21. The molecule has 0 aliphatic rings. The first-order valence-corrected chi connectivity index (χ1v) is 6.48. The molecule has 3 N–H and O–H groups in total. The van der Waals surface area contributed by atoms with Gasteiger partial charge in [0.15, 0.2) is 0 Å². The van der Waals surface area contributed by atoms with Crippen LogP contribution >= 0.6 is 0 Å². The fraction of sp³-hybridized carbons (Fsp3) is 0.0714. The highest BCUT2D eigenvalue weighted by atomic mass is 19.1. The van der Waals surface area contributed by atoms with Gasteiger partial charge >= 0.3 is 6.09 Å². The van der Waals surface area contributed by atoms with E-state index in [1.807, 2.05) is 0 Å². The Balaban J connectivity index is 2.30. The second kappa shape index (κ2) is 5.41. The van der Waals surface area contributed by atoms with Crippen molar-refractivity contribution in [3.05, 3.63) is 41.6 Å². The Morgan fingerprint density at radius 1 is 1.25 bits per heavy atom. The zero-order chi connectivity index (χ0) is 17.6. The summed E-state index contributed by atoms with van der Waals surface area (Å²) in [6.07, 6.45) is -0.118. The minimum absolute atomic E-state index is 0.000714. The van der Waals surface area contributed by atoms with Gasteiger partial charge in [0.1, 0.15) is 23.8 Å². The van der Waals surface area contributed by atoms with Gasteiger partial charge in [-0.25, -0.2) is 27.4 Å². The fourth-order valence-electron chi connectivity index (χ4n) is 2.32. The van der Waals surface area contributed by atoms with E-state index in [1.54, 1.807) is 0 Å². The number of carbonyl (C=O) groups excluding carboxylic acids is 1. The van der Waals surface area contributed by atoms with Crippen LogP contribution in [-0.4, -0.2) is 25.6 Å². The predicted octanol–water partition coefficient (Wildman–Crippen LogP) is 2.29. The first kappa shape index (κ1) is 15.6. The molecule has 0 unspecified atom stereocenters. The Labute approximate surface area is 132 Å². The van der Waals surface area contributed by atoms with Crippen LogP contribution < -0.4 is 10.5 Å². The number of hydrogen-bond acceptors (Lipinski definition) is 5. The summed E-state index contributed by atoms with van der Waals surface area (Å²) < 4.78 is 46.6. The van der Waals surface area contributed by atoms with E-state index in [2.05, 4.69) is 14.7 Å². The number of fused-ring (bicyclic) bond motifs is 1. The Hall–Kier alpha value is -3.30. The average Bonchev–Trinajstić information content (AvgIpc) is 2.83. The van der Waals surface area contributed by atoms with Gasteiger partial charge in [-0.05, 0) is 6.92 Å². The van der Waals surface area contributed by atoms with Crippen LogP contribution in [0.3, 0.4) is 0 Å². The molecule has 3 rings (SSSR count). The topological polar surface area (TPSA) is 103 Å². The lowest BCUT2D eigenvalue weighted by Crippen LogP contribution is -2.16. The van der Waals surface area contributed by atoms with E-state index < -0.39 is 35.0 Å². The summed E-state index contributed by atoms with van der Waals surface area (Å²) in [6, 6.07) is 0.966. The van der Waals surface area contributed by atoms with Crippen molar-refractivity contribution >= 4 is 11.7 Å². The van der Waals surface area contributed by atoms with Crippen LogP contribution in [0.25, 0.3) is 16.8 Å². The van der Waals surface area contributed by atoms with E-state index in [1.165, 1.54) is 6.92 Å². The molecule has 0 bridgehead atoms. The van der Waals surface area contributed by atoms with Gasteiger partial charge in [-0.15, -0.1) is 0 Å². The molecule has 24 heavy (non-hydrogen) atoms. The van der Waals surface area contributed by atoms with E-state index in [-0.39, 0.29) is 22.8 Å². The van der Waals surface area contributed by atoms with Gasteiger partial charge in [0.05, 0.1) is 16.8 Å². The predicted molar refractivity (Wildman–Crippen MR) is 74.9 cm³/mol. The molecule has 7 nitrogen and oxygen atoms in total. The van der Waals surface area contributed by atoms with Crippen molar-refractivity contribution in [2.75, 3.05) is 0 Å². The Morgan fingerprint density at radius 2 is 1.88 bits per heavy atom. The monoisotopic (exact) mass is 338 g/mol. The third kappa shape index (κ3) is 2.37. The number of nitrogens with two attached hydrogens (primary N) is 1. The van der Waals surface area contributed by atoms with Crippen molar-refractivity contribution in [3.8, 4) is 22.9 Å². The van der Waals surface area contributed by atoms with Crippen molar-refractivity contribution in [1.29, 1.82) is 0 Å². The second-order valence-corrected chi connectivity index (χ2v) is 4.80. The highest BCUT2D eigenvalue weighted by Crippen LogP contribution is 2.37. The van der Waals surface area contributed by atoms with Crippen LogP contribution in [0, 0.1) is 24.4 Å². The number of aromatic nitrogens is 3. The Kier molecular flexibility index (Phi) is 3.51. The molecular weight excluding hydrogens is 329 g/mol. The summed E-state index contributed by atoms with van der Waals surface area (Å²) in [5, 5.41) is 10.3. The maximum absolute atomic E-state index is 14.0. The molecular formula is C14H9F3N4O3. The van der Waals surface area contributed by atoms with Crippen LogP contribution in [0.5, 0.6) is 11.8 Å². The molecule has 1 amide bonds. The van der Waals surface area contributed by atoms with Crippen molar-refractivity contribution < 1.29 is 27.8 Å². The maximum Gasteiger partial charge on any atom is 0.411 e. The molecule has 0 spiro atoms. The standard InChI is InChI=1S/C14H9F3N4O3/c1-5-9(10-7(16)2-6(15)3-8(10)17)13(22)21-4-19-12(11(21)20-5)24-14(18)23/h2-4,22H,1H3,(H2,18,23). The first-order valence-electron chi connectivity index (χ1n) is 6.48. The molecule has 0 saturated heterocycles. The number of imidazole rings is 1. The van der Waals surface area contributed by atoms with Crippen molar-refractivity contribution in [1.82, 2.24) is 14.4 Å². The van der Waals surface area contributed by atoms with E-state index in [9.17, 15) is 23.1 Å². The van der Waals surface area contributed by atoms with E-state index in [4.69, 9.17) is 5.73 Å². The molecule has 1 aromatic carbocycles. The van der Waals surface area contributed by atoms with Gasteiger partial charge in [0.25, 0.3) is 5.88 Å². The number of benzene rings is 1. The maximum atomic E-state index is 14.0. The molecule has 0 aliphatic carbocycles. The van der Waals surface area contributed by atoms with Gasteiger partial charge in [-0.1, -0.05) is 0 Å². The molecule has 124 valence electrons. The molecule has 2 aromatic heterocycles. The van der Waals surface area contributed by atoms with E-state index in [0.29, 0.717) is 12.1 Å². The summed E-state index contributed by atoms with van der Waals surface area (Å²) in [5.74, 6) is -4.41. The molecule has 0 radical (unpaired) electrons.